The van der Waals surface area contributed by atoms with E-state index in [9.17, 15) is 0 Å². The third kappa shape index (κ3) is 14.0. The Morgan fingerprint density at radius 3 is 2.62 bits per heavy atom. The first-order valence-corrected chi connectivity index (χ1v) is 5.69. The molecule has 0 saturated carbocycles. The molecule has 5 heteroatoms. The first-order valence-electron chi connectivity index (χ1n) is 5.69. The predicted molar refractivity (Wildman–Crippen MR) is 80.5 cm³/mol. The third-order valence-corrected chi connectivity index (χ3v) is 2.08. The Morgan fingerprint density at radius 1 is 1.38 bits per heavy atom. The fourth-order valence-electron chi connectivity index (χ4n) is 1.20. The number of nitrogens with two attached hydrogens (primary N) is 1. The van der Waals surface area contributed by atoms with Crippen LogP contribution in [0, 0.1) is 5.92 Å². The molecule has 0 aromatic rings. The number of hydrogen-bond acceptors (Lipinski definition) is 2. The molecule has 0 atom stereocenters. The van der Waals surface area contributed by atoms with E-state index in [1.54, 1.807) is 7.11 Å². The van der Waals surface area contributed by atoms with Crippen LogP contribution in [0.3, 0.4) is 0 Å². The Bertz CT molecular complexity index is 175. The average molecular weight is 343 g/mol. The number of nitrogens with zero attached hydrogens (tertiary/aromatic N) is 1. The standard InChI is InChI=1S/C11H25N3O.HI/c1-10(2)6-4-5-7-13-11(12)14-8-9-15-3;/h10H,4-9H2,1-3H3,(H3,12,13,14);1H. The van der Waals surface area contributed by atoms with Gasteiger partial charge in [-0.1, -0.05) is 26.7 Å². The maximum atomic E-state index is 5.64. The zero-order chi connectivity index (χ0) is 11.5. The molecular weight excluding hydrogens is 317 g/mol. The number of hydrogen-bond donors (Lipinski definition) is 2. The lowest BCUT2D eigenvalue weighted by atomic mass is 10.1. The molecule has 0 aromatic heterocycles. The molecule has 0 heterocycles. The van der Waals surface area contributed by atoms with E-state index in [2.05, 4.69) is 24.2 Å². The topological polar surface area (TPSA) is 59.6 Å². The summed E-state index contributed by atoms with van der Waals surface area (Å²) in [4.78, 5) is 4.22. The van der Waals surface area contributed by atoms with Gasteiger partial charge in [0.15, 0.2) is 5.96 Å². The molecule has 0 aromatic carbocycles. The fourth-order valence-corrected chi connectivity index (χ4v) is 1.20. The molecule has 16 heavy (non-hydrogen) atoms. The van der Waals surface area contributed by atoms with Crippen molar-refractivity contribution in [1.82, 2.24) is 5.32 Å². The van der Waals surface area contributed by atoms with E-state index in [4.69, 9.17) is 10.5 Å². The Balaban J connectivity index is 0. The quantitative estimate of drug-likeness (QED) is 0.307. The van der Waals surface area contributed by atoms with Crippen LogP contribution in [0.4, 0.5) is 0 Å². The number of nitrogens with one attached hydrogen (secondary N) is 1. The SMILES string of the molecule is COCCNC(N)=NCCCCC(C)C.I. The van der Waals surface area contributed by atoms with Gasteiger partial charge in [-0.25, -0.2) is 0 Å². The molecule has 0 spiro atoms. The first-order chi connectivity index (χ1) is 7.16. The molecule has 0 rings (SSSR count). The van der Waals surface area contributed by atoms with Crippen LogP contribution in [0.25, 0.3) is 0 Å². The van der Waals surface area contributed by atoms with E-state index in [1.165, 1.54) is 12.8 Å². The normalized spacial score (nSPS) is 11.4. The number of halogens is 1. The Hall–Kier alpha value is -0.0400. The van der Waals surface area contributed by atoms with Crippen LogP contribution in [-0.2, 0) is 4.74 Å². The first kappa shape index (κ1) is 18.3. The van der Waals surface area contributed by atoms with Gasteiger partial charge in [0.05, 0.1) is 6.61 Å². The summed E-state index contributed by atoms with van der Waals surface area (Å²) in [7, 11) is 1.67. The van der Waals surface area contributed by atoms with Gasteiger partial charge < -0.3 is 15.8 Å². The van der Waals surface area contributed by atoms with E-state index in [0.717, 1.165) is 25.4 Å². The van der Waals surface area contributed by atoms with E-state index >= 15 is 0 Å². The van der Waals surface area contributed by atoms with Gasteiger partial charge in [-0.3, -0.25) is 4.99 Å². The molecular formula is C11H26IN3O. The van der Waals surface area contributed by atoms with Crippen molar-refractivity contribution in [3.8, 4) is 0 Å². The van der Waals surface area contributed by atoms with Crippen molar-refractivity contribution < 1.29 is 4.74 Å². The van der Waals surface area contributed by atoms with Gasteiger partial charge in [-0.15, -0.1) is 24.0 Å². The minimum Gasteiger partial charge on any atom is -0.383 e. The number of ether oxygens (including phenoxy) is 1. The van der Waals surface area contributed by atoms with Gasteiger partial charge >= 0.3 is 0 Å². The van der Waals surface area contributed by atoms with Gasteiger partial charge in [0.1, 0.15) is 0 Å². The lowest BCUT2D eigenvalue weighted by Gasteiger charge is -2.05. The van der Waals surface area contributed by atoms with Crippen molar-refractivity contribution in [2.45, 2.75) is 33.1 Å². The van der Waals surface area contributed by atoms with Gasteiger partial charge in [0.2, 0.25) is 0 Å². The molecule has 0 radical (unpaired) electrons. The minimum atomic E-state index is 0. The highest BCUT2D eigenvalue weighted by atomic mass is 127. The molecule has 0 unspecified atom stereocenters. The maximum Gasteiger partial charge on any atom is 0.188 e. The van der Waals surface area contributed by atoms with Crippen LogP contribution >= 0.6 is 24.0 Å². The molecule has 0 saturated heterocycles. The largest absolute Gasteiger partial charge is 0.383 e. The maximum absolute atomic E-state index is 5.64. The highest BCUT2D eigenvalue weighted by molar-refractivity contribution is 14.0. The summed E-state index contributed by atoms with van der Waals surface area (Å²) >= 11 is 0. The molecule has 4 nitrogen and oxygen atoms in total. The molecule has 3 N–H and O–H groups in total. The summed E-state index contributed by atoms with van der Waals surface area (Å²) in [6, 6.07) is 0. The van der Waals surface area contributed by atoms with Crippen molar-refractivity contribution in [1.29, 1.82) is 0 Å². The van der Waals surface area contributed by atoms with Crippen LogP contribution in [0.2, 0.25) is 0 Å². The highest BCUT2D eigenvalue weighted by Gasteiger charge is 1.94. The number of rotatable bonds is 8. The Labute approximate surface area is 116 Å². The molecule has 0 aliphatic carbocycles. The van der Waals surface area contributed by atoms with Crippen molar-refractivity contribution >= 4 is 29.9 Å². The van der Waals surface area contributed by atoms with Crippen LogP contribution in [0.5, 0.6) is 0 Å². The fraction of sp³-hybridized carbons (Fsp3) is 0.909. The molecule has 0 aliphatic rings. The zero-order valence-electron chi connectivity index (χ0n) is 10.7. The molecule has 0 bridgehead atoms. The second-order valence-corrected chi connectivity index (χ2v) is 4.08. The number of guanidine groups is 1. The smallest absolute Gasteiger partial charge is 0.188 e. The average Bonchev–Trinajstić information content (AvgIpc) is 2.17. The highest BCUT2D eigenvalue weighted by Crippen LogP contribution is 2.05. The van der Waals surface area contributed by atoms with Crippen molar-refractivity contribution in [3.05, 3.63) is 0 Å². The summed E-state index contributed by atoms with van der Waals surface area (Å²) in [5, 5.41) is 2.99. The van der Waals surface area contributed by atoms with Crippen molar-refractivity contribution in [2.24, 2.45) is 16.6 Å². The summed E-state index contributed by atoms with van der Waals surface area (Å²) in [5.74, 6) is 1.31. The molecule has 0 aliphatic heterocycles. The van der Waals surface area contributed by atoms with E-state index < -0.39 is 0 Å². The zero-order valence-corrected chi connectivity index (χ0v) is 13.0. The molecule has 0 fully saturated rings. The van der Waals surface area contributed by atoms with E-state index in [0.29, 0.717) is 12.6 Å². The number of aliphatic imine (C=N–C) groups is 1. The van der Waals surface area contributed by atoms with Crippen LogP contribution < -0.4 is 11.1 Å². The van der Waals surface area contributed by atoms with Gasteiger partial charge in [-0.2, -0.15) is 0 Å². The summed E-state index contributed by atoms with van der Waals surface area (Å²) < 4.78 is 4.89. The number of methoxy groups -OCH3 is 1. The van der Waals surface area contributed by atoms with Gasteiger partial charge in [0, 0.05) is 20.2 Å². The van der Waals surface area contributed by atoms with Crippen LogP contribution in [0.1, 0.15) is 33.1 Å². The van der Waals surface area contributed by atoms with Gasteiger partial charge in [-0.05, 0) is 12.3 Å². The van der Waals surface area contributed by atoms with Crippen molar-refractivity contribution in [2.75, 3.05) is 26.8 Å². The number of unbranched alkanes of at least 4 members (excludes halogenated alkanes) is 1. The summed E-state index contributed by atoms with van der Waals surface area (Å²) in [5.41, 5.74) is 5.64. The van der Waals surface area contributed by atoms with Crippen LogP contribution in [0.15, 0.2) is 4.99 Å². The third-order valence-electron chi connectivity index (χ3n) is 2.08. The Morgan fingerprint density at radius 2 is 2.06 bits per heavy atom. The van der Waals surface area contributed by atoms with E-state index in [-0.39, 0.29) is 24.0 Å². The lowest BCUT2D eigenvalue weighted by Crippen LogP contribution is -2.34. The van der Waals surface area contributed by atoms with Gasteiger partial charge in [0.25, 0.3) is 0 Å². The minimum absolute atomic E-state index is 0. The van der Waals surface area contributed by atoms with Crippen molar-refractivity contribution in [3.63, 3.8) is 0 Å². The summed E-state index contributed by atoms with van der Waals surface area (Å²) in [6.45, 7) is 6.67. The van der Waals surface area contributed by atoms with Crippen LogP contribution in [-0.4, -0.2) is 32.8 Å². The lowest BCUT2D eigenvalue weighted by molar-refractivity contribution is 0.204. The molecule has 0 amide bonds. The monoisotopic (exact) mass is 343 g/mol. The predicted octanol–water partition coefficient (Wildman–Crippen LogP) is 1.98. The second-order valence-electron chi connectivity index (χ2n) is 4.08. The van der Waals surface area contributed by atoms with E-state index in [1.807, 2.05) is 0 Å². The Kier molecular flexibility index (Phi) is 14.9. The molecule has 98 valence electrons. The second kappa shape index (κ2) is 13.0. The summed E-state index contributed by atoms with van der Waals surface area (Å²) in [6.07, 6.45) is 3.61.